The summed E-state index contributed by atoms with van der Waals surface area (Å²) >= 11 is 0. The van der Waals surface area contributed by atoms with Crippen molar-refractivity contribution in [2.24, 2.45) is 5.92 Å². The molecule has 1 heterocycles. The lowest BCUT2D eigenvalue weighted by atomic mass is 10.1. The molecule has 1 fully saturated rings. The second kappa shape index (κ2) is 6.97. The number of nitrogens with one attached hydrogen (secondary N) is 2. The fourth-order valence-corrected chi connectivity index (χ4v) is 1.87. The molecule has 1 saturated heterocycles. The summed E-state index contributed by atoms with van der Waals surface area (Å²) in [4.78, 5) is 11.5. The molecule has 4 nitrogen and oxygen atoms in total. The molecule has 0 aliphatic carbocycles. The molecule has 1 atom stereocenters. The monoisotopic (exact) mass is 242 g/mol. The van der Waals surface area contributed by atoms with Gasteiger partial charge < -0.3 is 15.4 Å². The van der Waals surface area contributed by atoms with Gasteiger partial charge in [0.1, 0.15) is 0 Å². The van der Waals surface area contributed by atoms with Crippen LogP contribution in [0.5, 0.6) is 0 Å². The molecule has 4 heteroatoms. The molecule has 1 aliphatic heterocycles. The van der Waals surface area contributed by atoms with Gasteiger partial charge in [-0.2, -0.15) is 0 Å². The van der Waals surface area contributed by atoms with E-state index in [1.54, 1.807) is 0 Å². The largest absolute Gasteiger partial charge is 0.381 e. The molecule has 0 aromatic heterocycles. The molecular formula is C13H26N2O2. The molecule has 0 saturated carbocycles. The van der Waals surface area contributed by atoms with Crippen LogP contribution in [-0.2, 0) is 9.53 Å². The van der Waals surface area contributed by atoms with Crippen LogP contribution in [0, 0.1) is 5.92 Å². The predicted molar refractivity (Wildman–Crippen MR) is 68.9 cm³/mol. The first kappa shape index (κ1) is 14.5. The van der Waals surface area contributed by atoms with E-state index in [2.05, 4.69) is 31.4 Å². The van der Waals surface area contributed by atoms with Gasteiger partial charge in [0.15, 0.2) is 0 Å². The van der Waals surface area contributed by atoms with Crippen molar-refractivity contribution < 1.29 is 9.53 Å². The minimum Gasteiger partial charge on any atom is -0.381 e. The van der Waals surface area contributed by atoms with E-state index in [4.69, 9.17) is 4.74 Å². The molecule has 17 heavy (non-hydrogen) atoms. The van der Waals surface area contributed by atoms with Crippen LogP contribution in [0.15, 0.2) is 0 Å². The van der Waals surface area contributed by atoms with E-state index in [1.165, 1.54) is 0 Å². The Hall–Kier alpha value is -0.610. The van der Waals surface area contributed by atoms with Gasteiger partial charge in [0.2, 0.25) is 5.91 Å². The SMILES string of the molecule is CC(C)(C)NCCC(=O)NCCC1CCOC1. The number of hydrogen-bond donors (Lipinski definition) is 2. The third-order valence-corrected chi connectivity index (χ3v) is 2.91. The highest BCUT2D eigenvalue weighted by atomic mass is 16.5. The second-order valence-corrected chi connectivity index (χ2v) is 5.80. The van der Waals surface area contributed by atoms with Crippen molar-refractivity contribution in [3.05, 3.63) is 0 Å². The average Bonchev–Trinajstić information content (AvgIpc) is 2.68. The first-order valence-corrected chi connectivity index (χ1v) is 6.57. The van der Waals surface area contributed by atoms with Gasteiger partial charge in [-0.25, -0.2) is 0 Å². The van der Waals surface area contributed by atoms with E-state index in [0.717, 1.165) is 39.1 Å². The summed E-state index contributed by atoms with van der Waals surface area (Å²) in [5, 5.41) is 6.26. The lowest BCUT2D eigenvalue weighted by molar-refractivity contribution is -0.121. The van der Waals surface area contributed by atoms with Gasteiger partial charge in [-0.05, 0) is 39.5 Å². The topological polar surface area (TPSA) is 50.4 Å². The van der Waals surface area contributed by atoms with E-state index >= 15 is 0 Å². The van der Waals surface area contributed by atoms with E-state index in [1.807, 2.05) is 0 Å². The van der Waals surface area contributed by atoms with Crippen molar-refractivity contribution >= 4 is 5.91 Å². The number of ether oxygens (including phenoxy) is 1. The van der Waals surface area contributed by atoms with E-state index in [0.29, 0.717) is 12.3 Å². The average molecular weight is 242 g/mol. The number of amides is 1. The standard InChI is InChI=1S/C13H26N2O2/c1-13(2,3)15-8-5-12(16)14-7-4-11-6-9-17-10-11/h11,15H,4-10H2,1-3H3,(H,14,16). The highest BCUT2D eigenvalue weighted by molar-refractivity contribution is 5.76. The summed E-state index contributed by atoms with van der Waals surface area (Å²) in [7, 11) is 0. The Morgan fingerprint density at radius 1 is 1.35 bits per heavy atom. The van der Waals surface area contributed by atoms with Crippen molar-refractivity contribution in [1.29, 1.82) is 0 Å². The maximum absolute atomic E-state index is 11.5. The fourth-order valence-electron chi connectivity index (χ4n) is 1.87. The van der Waals surface area contributed by atoms with Gasteiger partial charge in [0.05, 0.1) is 0 Å². The molecule has 1 unspecified atom stereocenters. The minimum atomic E-state index is 0.0848. The summed E-state index contributed by atoms with van der Waals surface area (Å²) in [6, 6.07) is 0. The van der Waals surface area contributed by atoms with Crippen LogP contribution < -0.4 is 10.6 Å². The van der Waals surface area contributed by atoms with Gasteiger partial charge in [0, 0.05) is 38.3 Å². The number of hydrogen-bond acceptors (Lipinski definition) is 3. The van der Waals surface area contributed by atoms with Gasteiger partial charge in [-0.15, -0.1) is 0 Å². The number of carbonyl (C=O) groups excluding carboxylic acids is 1. The molecule has 0 spiro atoms. The Kier molecular flexibility index (Phi) is 5.92. The first-order chi connectivity index (χ1) is 7.97. The minimum absolute atomic E-state index is 0.0848. The Bertz CT molecular complexity index is 230. The maximum Gasteiger partial charge on any atom is 0.221 e. The highest BCUT2D eigenvalue weighted by Gasteiger charge is 2.15. The second-order valence-electron chi connectivity index (χ2n) is 5.80. The Balaban J connectivity index is 1.97. The quantitative estimate of drug-likeness (QED) is 0.738. The zero-order valence-corrected chi connectivity index (χ0v) is 11.3. The predicted octanol–water partition coefficient (Wildman–Crippen LogP) is 1.31. The Labute approximate surface area is 104 Å². The molecule has 0 aromatic rings. The fraction of sp³-hybridized carbons (Fsp3) is 0.923. The van der Waals surface area contributed by atoms with Gasteiger partial charge in [0.25, 0.3) is 0 Å². The first-order valence-electron chi connectivity index (χ1n) is 6.57. The molecule has 0 bridgehead atoms. The molecular weight excluding hydrogens is 216 g/mol. The Morgan fingerprint density at radius 2 is 2.12 bits per heavy atom. The van der Waals surface area contributed by atoms with Crippen molar-refractivity contribution in [2.75, 3.05) is 26.3 Å². The van der Waals surface area contributed by atoms with Crippen LogP contribution >= 0.6 is 0 Å². The lowest BCUT2D eigenvalue weighted by Gasteiger charge is -2.20. The van der Waals surface area contributed by atoms with E-state index in [9.17, 15) is 4.79 Å². The molecule has 0 radical (unpaired) electrons. The normalized spacial score (nSPS) is 20.5. The summed E-state index contributed by atoms with van der Waals surface area (Å²) in [5.41, 5.74) is 0.0848. The van der Waals surface area contributed by atoms with Gasteiger partial charge >= 0.3 is 0 Å². The van der Waals surface area contributed by atoms with Gasteiger partial charge in [-0.1, -0.05) is 0 Å². The van der Waals surface area contributed by atoms with Crippen LogP contribution in [-0.4, -0.2) is 37.7 Å². The summed E-state index contributed by atoms with van der Waals surface area (Å²) < 4.78 is 5.29. The molecule has 2 N–H and O–H groups in total. The van der Waals surface area contributed by atoms with Gasteiger partial charge in [-0.3, -0.25) is 4.79 Å². The van der Waals surface area contributed by atoms with Crippen LogP contribution in [0.4, 0.5) is 0 Å². The van der Waals surface area contributed by atoms with Crippen LogP contribution in [0.3, 0.4) is 0 Å². The Morgan fingerprint density at radius 3 is 2.71 bits per heavy atom. The van der Waals surface area contributed by atoms with Crippen molar-refractivity contribution in [1.82, 2.24) is 10.6 Å². The third-order valence-electron chi connectivity index (χ3n) is 2.91. The molecule has 100 valence electrons. The summed E-state index contributed by atoms with van der Waals surface area (Å²) in [5.74, 6) is 0.781. The molecule has 0 aromatic carbocycles. The smallest absolute Gasteiger partial charge is 0.221 e. The number of carbonyl (C=O) groups is 1. The third kappa shape index (κ3) is 7.34. The maximum atomic E-state index is 11.5. The van der Waals surface area contributed by atoms with Crippen molar-refractivity contribution in [3.8, 4) is 0 Å². The summed E-state index contributed by atoms with van der Waals surface area (Å²) in [6.07, 6.45) is 2.73. The number of rotatable bonds is 6. The summed E-state index contributed by atoms with van der Waals surface area (Å²) in [6.45, 7) is 9.57. The van der Waals surface area contributed by atoms with Crippen molar-refractivity contribution in [3.63, 3.8) is 0 Å². The van der Waals surface area contributed by atoms with Crippen LogP contribution in [0.2, 0.25) is 0 Å². The molecule has 1 amide bonds. The molecule has 1 aliphatic rings. The van der Waals surface area contributed by atoms with Crippen LogP contribution in [0.1, 0.15) is 40.0 Å². The van der Waals surface area contributed by atoms with Crippen molar-refractivity contribution in [2.45, 2.75) is 45.6 Å². The molecule has 1 rings (SSSR count). The zero-order chi connectivity index (χ0) is 12.7. The highest BCUT2D eigenvalue weighted by Crippen LogP contribution is 2.15. The van der Waals surface area contributed by atoms with E-state index < -0.39 is 0 Å². The van der Waals surface area contributed by atoms with Crippen LogP contribution in [0.25, 0.3) is 0 Å². The zero-order valence-electron chi connectivity index (χ0n) is 11.3. The van der Waals surface area contributed by atoms with E-state index in [-0.39, 0.29) is 11.4 Å². The lowest BCUT2D eigenvalue weighted by Crippen LogP contribution is -2.38.